The summed E-state index contributed by atoms with van der Waals surface area (Å²) in [4.78, 5) is 9.20. The Morgan fingerprint density at radius 1 is 0.926 bits per heavy atom. The third kappa shape index (κ3) is 3.82. The standard InChI is InChI=1S/C22H17FN4/c1-15-10-11-19-20(12-15)25-22(26-21(19)17-7-3-2-4-8-17)27-24-14-16-6-5-9-18(23)13-16/h2-14H,1H3,(H,25,26,27). The third-order valence-electron chi connectivity index (χ3n) is 4.13. The summed E-state index contributed by atoms with van der Waals surface area (Å²) in [6.07, 6.45) is 1.54. The molecular weight excluding hydrogens is 339 g/mol. The van der Waals surface area contributed by atoms with Gasteiger partial charge in [0.25, 0.3) is 0 Å². The van der Waals surface area contributed by atoms with Crippen molar-refractivity contribution in [3.8, 4) is 11.3 Å². The fourth-order valence-corrected chi connectivity index (χ4v) is 2.86. The highest BCUT2D eigenvalue weighted by atomic mass is 19.1. The summed E-state index contributed by atoms with van der Waals surface area (Å²) in [5.41, 5.74) is 7.32. The summed E-state index contributed by atoms with van der Waals surface area (Å²) in [7, 11) is 0. The van der Waals surface area contributed by atoms with E-state index in [4.69, 9.17) is 0 Å². The van der Waals surface area contributed by atoms with E-state index in [0.29, 0.717) is 11.5 Å². The van der Waals surface area contributed by atoms with Gasteiger partial charge in [-0.3, -0.25) is 0 Å². The van der Waals surface area contributed by atoms with Crippen LogP contribution in [0.4, 0.5) is 10.3 Å². The van der Waals surface area contributed by atoms with Crippen molar-refractivity contribution < 1.29 is 4.39 Å². The molecule has 0 amide bonds. The molecule has 0 aliphatic heterocycles. The van der Waals surface area contributed by atoms with Gasteiger partial charge in [-0.05, 0) is 36.2 Å². The number of aromatic nitrogens is 2. The van der Waals surface area contributed by atoms with Crippen molar-refractivity contribution in [1.29, 1.82) is 0 Å². The van der Waals surface area contributed by atoms with Crippen LogP contribution < -0.4 is 5.43 Å². The number of hydrogen-bond acceptors (Lipinski definition) is 4. The summed E-state index contributed by atoms with van der Waals surface area (Å²) in [6.45, 7) is 2.03. The smallest absolute Gasteiger partial charge is 0.244 e. The average molecular weight is 356 g/mol. The minimum atomic E-state index is -0.303. The quantitative estimate of drug-likeness (QED) is 0.404. The van der Waals surface area contributed by atoms with E-state index >= 15 is 0 Å². The van der Waals surface area contributed by atoms with Gasteiger partial charge in [-0.1, -0.05) is 54.6 Å². The van der Waals surface area contributed by atoms with E-state index in [1.807, 2.05) is 55.5 Å². The van der Waals surface area contributed by atoms with E-state index in [2.05, 4.69) is 20.5 Å². The zero-order chi connectivity index (χ0) is 18.6. The van der Waals surface area contributed by atoms with Crippen molar-refractivity contribution in [2.75, 3.05) is 5.43 Å². The van der Waals surface area contributed by atoms with Gasteiger partial charge in [0.05, 0.1) is 17.4 Å². The second-order valence-electron chi connectivity index (χ2n) is 6.21. The van der Waals surface area contributed by atoms with Gasteiger partial charge in [-0.2, -0.15) is 5.10 Å². The Kier molecular flexibility index (Phi) is 4.58. The molecule has 1 heterocycles. The SMILES string of the molecule is Cc1ccc2c(-c3ccccc3)nc(NN=Cc3cccc(F)c3)nc2c1. The van der Waals surface area contributed by atoms with Crippen LogP contribution in [0.25, 0.3) is 22.2 Å². The van der Waals surface area contributed by atoms with Gasteiger partial charge in [0.2, 0.25) is 5.95 Å². The average Bonchev–Trinajstić information content (AvgIpc) is 2.68. The molecule has 3 aromatic carbocycles. The molecule has 1 N–H and O–H groups in total. The van der Waals surface area contributed by atoms with E-state index < -0.39 is 0 Å². The fourth-order valence-electron chi connectivity index (χ4n) is 2.86. The lowest BCUT2D eigenvalue weighted by Gasteiger charge is -2.09. The van der Waals surface area contributed by atoms with Crippen LogP contribution in [-0.4, -0.2) is 16.2 Å². The number of anilines is 1. The number of fused-ring (bicyclic) bond motifs is 1. The molecule has 0 unspecified atom stereocenters. The minimum Gasteiger partial charge on any atom is -0.245 e. The third-order valence-corrected chi connectivity index (χ3v) is 4.13. The van der Waals surface area contributed by atoms with E-state index in [-0.39, 0.29) is 5.82 Å². The van der Waals surface area contributed by atoms with Gasteiger partial charge in [0.1, 0.15) is 5.82 Å². The van der Waals surface area contributed by atoms with Crippen LogP contribution in [0.2, 0.25) is 0 Å². The molecule has 4 aromatic rings. The van der Waals surface area contributed by atoms with Gasteiger partial charge in [0, 0.05) is 10.9 Å². The van der Waals surface area contributed by atoms with Gasteiger partial charge in [-0.15, -0.1) is 0 Å². The Bertz CT molecular complexity index is 1120. The summed E-state index contributed by atoms with van der Waals surface area (Å²) in [5.74, 6) is 0.0855. The van der Waals surface area contributed by atoms with Gasteiger partial charge in [-0.25, -0.2) is 19.8 Å². The number of hydrogen-bond donors (Lipinski definition) is 1. The summed E-state index contributed by atoms with van der Waals surface area (Å²) < 4.78 is 13.3. The zero-order valence-electron chi connectivity index (χ0n) is 14.7. The lowest BCUT2D eigenvalue weighted by molar-refractivity contribution is 0.627. The van der Waals surface area contributed by atoms with Crippen LogP contribution in [-0.2, 0) is 0 Å². The Labute approximate surface area is 156 Å². The van der Waals surface area contributed by atoms with Crippen LogP contribution in [0.1, 0.15) is 11.1 Å². The first-order valence-electron chi connectivity index (χ1n) is 8.57. The Morgan fingerprint density at radius 2 is 1.78 bits per heavy atom. The Morgan fingerprint density at radius 3 is 2.59 bits per heavy atom. The van der Waals surface area contributed by atoms with E-state index in [1.54, 1.807) is 12.1 Å². The molecular formula is C22H17FN4. The number of nitrogens with one attached hydrogen (secondary N) is 1. The first-order valence-corrected chi connectivity index (χ1v) is 8.57. The van der Waals surface area contributed by atoms with Crippen molar-refractivity contribution in [2.45, 2.75) is 6.92 Å². The van der Waals surface area contributed by atoms with Crippen molar-refractivity contribution in [2.24, 2.45) is 5.10 Å². The van der Waals surface area contributed by atoms with Gasteiger partial charge >= 0.3 is 0 Å². The zero-order valence-corrected chi connectivity index (χ0v) is 14.7. The molecule has 5 heteroatoms. The van der Waals surface area contributed by atoms with Gasteiger partial charge in [0.15, 0.2) is 0 Å². The Hall–Kier alpha value is -3.60. The topological polar surface area (TPSA) is 50.2 Å². The molecule has 0 aliphatic carbocycles. The number of benzene rings is 3. The first kappa shape index (κ1) is 16.8. The molecule has 0 saturated heterocycles. The largest absolute Gasteiger partial charge is 0.245 e. The molecule has 0 fully saturated rings. The molecule has 4 nitrogen and oxygen atoms in total. The number of hydrazone groups is 1. The van der Waals surface area contributed by atoms with E-state index in [9.17, 15) is 4.39 Å². The predicted molar refractivity (Wildman–Crippen MR) is 107 cm³/mol. The lowest BCUT2D eigenvalue weighted by Crippen LogP contribution is -2.00. The van der Waals surface area contributed by atoms with Crippen LogP contribution >= 0.6 is 0 Å². The molecule has 0 radical (unpaired) electrons. The monoisotopic (exact) mass is 356 g/mol. The molecule has 132 valence electrons. The second-order valence-corrected chi connectivity index (χ2v) is 6.21. The summed E-state index contributed by atoms with van der Waals surface area (Å²) in [6, 6.07) is 22.3. The Balaban J connectivity index is 1.72. The maximum atomic E-state index is 13.3. The predicted octanol–water partition coefficient (Wildman–Crippen LogP) is 5.19. The highest BCUT2D eigenvalue weighted by molar-refractivity contribution is 5.93. The highest BCUT2D eigenvalue weighted by Crippen LogP contribution is 2.27. The fraction of sp³-hybridized carbons (Fsp3) is 0.0455. The number of halogens is 1. The second kappa shape index (κ2) is 7.33. The van der Waals surface area contributed by atoms with Crippen LogP contribution in [0.15, 0.2) is 77.9 Å². The minimum absolute atomic E-state index is 0.303. The van der Waals surface area contributed by atoms with E-state index in [0.717, 1.165) is 27.7 Å². The summed E-state index contributed by atoms with van der Waals surface area (Å²) in [5, 5.41) is 5.13. The molecule has 0 aliphatic rings. The van der Waals surface area contributed by atoms with Crippen molar-refractivity contribution in [3.05, 3.63) is 89.7 Å². The van der Waals surface area contributed by atoms with Crippen molar-refractivity contribution >= 4 is 23.1 Å². The molecule has 1 aromatic heterocycles. The lowest BCUT2D eigenvalue weighted by atomic mass is 10.1. The molecule has 27 heavy (non-hydrogen) atoms. The van der Waals surface area contributed by atoms with Gasteiger partial charge < -0.3 is 0 Å². The van der Waals surface area contributed by atoms with Crippen LogP contribution in [0.3, 0.4) is 0 Å². The van der Waals surface area contributed by atoms with E-state index in [1.165, 1.54) is 18.3 Å². The van der Waals surface area contributed by atoms with Crippen LogP contribution in [0.5, 0.6) is 0 Å². The molecule has 0 spiro atoms. The molecule has 0 atom stereocenters. The van der Waals surface area contributed by atoms with Crippen molar-refractivity contribution in [1.82, 2.24) is 9.97 Å². The molecule has 0 saturated carbocycles. The molecule has 4 rings (SSSR count). The summed E-state index contributed by atoms with van der Waals surface area (Å²) >= 11 is 0. The van der Waals surface area contributed by atoms with Crippen molar-refractivity contribution in [3.63, 3.8) is 0 Å². The highest BCUT2D eigenvalue weighted by Gasteiger charge is 2.09. The number of rotatable bonds is 4. The normalized spacial score (nSPS) is 11.2. The van der Waals surface area contributed by atoms with Crippen LogP contribution in [0, 0.1) is 12.7 Å². The number of nitrogens with zero attached hydrogens (tertiary/aromatic N) is 3. The molecule has 0 bridgehead atoms. The first-order chi connectivity index (χ1) is 13.2. The maximum Gasteiger partial charge on any atom is 0.244 e. The number of aryl methyl sites for hydroxylation is 1. The maximum absolute atomic E-state index is 13.3.